The van der Waals surface area contributed by atoms with E-state index in [2.05, 4.69) is 63.2 Å². The molecule has 1 aliphatic rings. The molecule has 3 heterocycles. The third-order valence-electron chi connectivity index (χ3n) is 6.77. The maximum atomic E-state index is 13.2. The minimum atomic E-state index is -0.108. The van der Waals surface area contributed by atoms with E-state index in [1.807, 2.05) is 31.2 Å². The number of amides is 1. The number of aryl methyl sites for hydroxylation is 1. The first-order valence-corrected chi connectivity index (χ1v) is 13.1. The highest BCUT2D eigenvalue weighted by molar-refractivity contribution is 7.20. The van der Waals surface area contributed by atoms with Crippen molar-refractivity contribution in [1.82, 2.24) is 9.97 Å². The van der Waals surface area contributed by atoms with E-state index in [0.717, 1.165) is 59.2 Å². The lowest BCUT2D eigenvalue weighted by Crippen LogP contribution is -2.46. The van der Waals surface area contributed by atoms with Crippen LogP contribution in [0.1, 0.15) is 40.6 Å². The number of benzene rings is 2. The van der Waals surface area contributed by atoms with Gasteiger partial charge in [-0.2, -0.15) is 0 Å². The Labute approximate surface area is 215 Å². The van der Waals surface area contributed by atoms with Crippen LogP contribution in [-0.4, -0.2) is 49.2 Å². The molecule has 1 saturated heterocycles. The van der Waals surface area contributed by atoms with Crippen LogP contribution >= 0.6 is 11.3 Å². The standard InChI is InChI=1S/C28H31N5O2S/c1-18(2)20-5-7-21(8-6-20)31-27(34)25-19(3)24-26(29-17-30-28(24)36-25)33-15-13-32(14-16-33)22-9-11-23(35-4)12-10-22/h5-12,17-18H,13-16H2,1-4H3,(H,31,34). The van der Waals surface area contributed by atoms with Gasteiger partial charge in [-0.3, -0.25) is 4.79 Å². The molecule has 7 nitrogen and oxygen atoms in total. The number of ether oxygens (including phenoxy) is 1. The van der Waals surface area contributed by atoms with E-state index in [1.54, 1.807) is 13.4 Å². The fraction of sp³-hybridized carbons (Fsp3) is 0.321. The second-order valence-electron chi connectivity index (χ2n) is 9.34. The van der Waals surface area contributed by atoms with E-state index < -0.39 is 0 Å². The molecule has 0 unspecified atom stereocenters. The average molecular weight is 502 g/mol. The molecule has 0 aliphatic carbocycles. The second-order valence-corrected chi connectivity index (χ2v) is 10.3. The number of nitrogens with one attached hydrogen (secondary N) is 1. The summed E-state index contributed by atoms with van der Waals surface area (Å²) in [4.78, 5) is 28.5. The summed E-state index contributed by atoms with van der Waals surface area (Å²) in [5.74, 6) is 2.11. The lowest BCUT2D eigenvalue weighted by atomic mass is 10.0. The lowest BCUT2D eigenvalue weighted by Gasteiger charge is -2.37. The Morgan fingerprint density at radius 3 is 2.28 bits per heavy atom. The average Bonchev–Trinajstić information content (AvgIpc) is 3.26. The Morgan fingerprint density at radius 2 is 1.64 bits per heavy atom. The molecule has 0 atom stereocenters. The first kappa shape index (κ1) is 24.1. The summed E-state index contributed by atoms with van der Waals surface area (Å²) in [6, 6.07) is 16.2. The van der Waals surface area contributed by atoms with Crippen molar-refractivity contribution in [2.75, 3.05) is 48.4 Å². The van der Waals surface area contributed by atoms with Gasteiger partial charge in [-0.15, -0.1) is 11.3 Å². The number of piperazine rings is 1. The number of rotatable bonds is 6. The number of anilines is 3. The molecule has 5 rings (SSSR count). The van der Waals surface area contributed by atoms with Gasteiger partial charge in [0.1, 0.15) is 22.7 Å². The summed E-state index contributed by atoms with van der Waals surface area (Å²) in [6.07, 6.45) is 1.61. The highest BCUT2D eigenvalue weighted by Crippen LogP contribution is 2.36. The number of hydrogen-bond acceptors (Lipinski definition) is 7. The van der Waals surface area contributed by atoms with Gasteiger partial charge >= 0.3 is 0 Å². The zero-order chi connectivity index (χ0) is 25.2. The normalized spacial score (nSPS) is 13.9. The first-order chi connectivity index (χ1) is 17.4. The highest BCUT2D eigenvalue weighted by Gasteiger charge is 2.25. The van der Waals surface area contributed by atoms with Crippen molar-refractivity contribution in [1.29, 1.82) is 0 Å². The zero-order valence-electron chi connectivity index (χ0n) is 21.1. The zero-order valence-corrected chi connectivity index (χ0v) is 21.9. The fourth-order valence-corrected chi connectivity index (χ4v) is 5.66. The van der Waals surface area contributed by atoms with Gasteiger partial charge in [0.2, 0.25) is 0 Å². The monoisotopic (exact) mass is 501 g/mol. The molecule has 1 N–H and O–H groups in total. The number of aromatic nitrogens is 2. The van der Waals surface area contributed by atoms with Crippen molar-refractivity contribution in [3.05, 3.63) is 70.9 Å². The number of nitrogens with zero attached hydrogens (tertiary/aromatic N) is 4. The predicted molar refractivity (Wildman–Crippen MR) is 148 cm³/mol. The van der Waals surface area contributed by atoms with Gasteiger partial charge in [-0.1, -0.05) is 26.0 Å². The van der Waals surface area contributed by atoms with E-state index in [0.29, 0.717) is 10.8 Å². The predicted octanol–water partition coefficient (Wildman–Crippen LogP) is 5.71. The number of carbonyl (C=O) groups is 1. The molecule has 8 heteroatoms. The summed E-state index contributed by atoms with van der Waals surface area (Å²) >= 11 is 1.43. The van der Waals surface area contributed by atoms with Crippen molar-refractivity contribution in [3.63, 3.8) is 0 Å². The molecule has 2 aromatic heterocycles. The van der Waals surface area contributed by atoms with Gasteiger partial charge in [0.15, 0.2) is 0 Å². The third-order valence-corrected chi connectivity index (χ3v) is 7.96. The second kappa shape index (κ2) is 10.1. The summed E-state index contributed by atoms with van der Waals surface area (Å²) in [5, 5.41) is 4.02. The lowest BCUT2D eigenvalue weighted by molar-refractivity contribution is 0.103. The molecule has 0 spiro atoms. The summed E-state index contributed by atoms with van der Waals surface area (Å²) in [5.41, 5.74) is 4.16. The van der Waals surface area contributed by atoms with Crippen LogP contribution in [0.2, 0.25) is 0 Å². The van der Waals surface area contributed by atoms with Crippen LogP contribution in [0.5, 0.6) is 5.75 Å². The molecule has 1 aliphatic heterocycles. The Bertz CT molecular complexity index is 1360. The quantitative estimate of drug-likeness (QED) is 0.365. The van der Waals surface area contributed by atoms with E-state index in [-0.39, 0.29) is 5.91 Å². The summed E-state index contributed by atoms with van der Waals surface area (Å²) in [6.45, 7) is 9.78. The summed E-state index contributed by atoms with van der Waals surface area (Å²) < 4.78 is 5.28. The number of carbonyl (C=O) groups excluding carboxylic acids is 1. The molecule has 1 amide bonds. The summed E-state index contributed by atoms with van der Waals surface area (Å²) in [7, 11) is 1.68. The van der Waals surface area contributed by atoms with Crippen LogP contribution in [0.25, 0.3) is 10.2 Å². The van der Waals surface area contributed by atoms with Crippen LogP contribution in [0.4, 0.5) is 17.2 Å². The molecule has 0 radical (unpaired) electrons. The Balaban J connectivity index is 1.33. The van der Waals surface area contributed by atoms with E-state index in [4.69, 9.17) is 4.74 Å². The number of hydrogen-bond donors (Lipinski definition) is 1. The first-order valence-electron chi connectivity index (χ1n) is 12.2. The van der Waals surface area contributed by atoms with E-state index in [9.17, 15) is 4.79 Å². The molecule has 4 aromatic rings. The van der Waals surface area contributed by atoms with Gasteiger partial charge in [0, 0.05) is 37.6 Å². The van der Waals surface area contributed by atoms with Gasteiger partial charge in [0.25, 0.3) is 5.91 Å². The molecule has 186 valence electrons. The Morgan fingerprint density at radius 1 is 0.972 bits per heavy atom. The van der Waals surface area contributed by atoms with Crippen molar-refractivity contribution in [3.8, 4) is 5.75 Å². The molecule has 36 heavy (non-hydrogen) atoms. The molecule has 0 saturated carbocycles. The molecule has 2 aromatic carbocycles. The van der Waals surface area contributed by atoms with E-state index in [1.165, 1.54) is 22.6 Å². The fourth-order valence-electron chi connectivity index (χ4n) is 4.62. The van der Waals surface area contributed by atoms with Gasteiger partial charge in [-0.05, 0) is 60.4 Å². The van der Waals surface area contributed by atoms with Gasteiger partial charge in [0.05, 0.1) is 17.4 Å². The SMILES string of the molecule is COc1ccc(N2CCN(c3ncnc4sc(C(=O)Nc5ccc(C(C)C)cc5)c(C)c34)CC2)cc1. The van der Waals surface area contributed by atoms with Gasteiger partial charge < -0.3 is 19.9 Å². The largest absolute Gasteiger partial charge is 0.497 e. The maximum absolute atomic E-state index is 13.2. The number of methoxy groups -OCH3 is 1. The molecular weight excluding hydrogens is 470 g/mol. The Hall–Kier alpha value is -3.65. The van der Waals surface area contributed by atoms with Crippen molar-refractivity contribution in [2.24, 2.45) is 0 Å². The van der Waals surface area contributed by atoms with Crippen LogP contribution in [-0.2, 0) is 0 Å². The van der Waals surface area contributed by atoms with Crippen LogP contribution in [0.3, 0.4) is 0 Å². The maximum Gasteiger partial charge on any atom is 0.266 e. The minimum absolute atomic E-state index is 0.108. The Kier molecular flexibility index (Phi) is 6.78. The van der Waals surface area contributed by atoms with Crippen molar-refractivity contribution in [2.45, 2.75) is 26.7 Å². The van der Waals surface area contributed by atoms with Crippen LogP contribution in [0.15, 0.2) is 54.9 Å². The van der Waals surface area contributed by atoms with Crippen molar-refractivity contribution < 1.29 is 9.53 Å². The smallest absolute Gasteiger partial charge is 0.266 e. The molecule has 1 fully saturated rings. The van der Waals surface area contributed by atoms with Gasteiger partial charge in [-0.25, -0.2) is 9.97 Å². The molecular formula is C28H31N5O2S. The number of fused-ring (bicyclic) bond motifs is 1. The minimum Gasteiger partial charge on any atom is -0.497 e. The molecule has 0 bridgehead atoms. The van der Waals surface area contributed by atoms with E-state index >= 15 is 0 Å². The van der Waals surface area contributed by atoms with Crippen LogP contribution in [0, 0.1) is 6.92 Å². The number of thiophene rings is 1. The van der Waals surface area contributed by atoms with Crippen LogP contribution < -0.4 is 19.9 Å². The van der Waals surface area contributed by atoms with Crippen molar-refractivity contribution >= 4 is 44.7 Å². The topological polar surface area (TPSA) is 70.6 Å². The third kappa shape index (κ3) is 4.73. The highest BCUT2D eigenvalue weighted by atomic mass is 32.1.